The predicted octanol–water partition coefficient (Wildman–Crippen LogP) is 2.72. The molecule has 0 fully saturated rings. The zero-order valence-electron chi connectivity index (χ0n) is 14.0. The summed E-state index contributed by atoms with van der Waals surface area (Å²) >= 11 is 5.80. The van der Waals surface area contributed by atoms with Crippen molar-refractivity contribution in [2.45, 2.75) is 18.9 Å². The summed E-state index contributed by atoms with van der Waals surface area (Å²) in [5.74, 6) is -0.599. The molecule has 0 aliphatic carbocycles. The maximum Gasteiger partial charge on any atom is 0.269 e. The van der Waals surface area contributed by atoms with Crippen molar-refractivity contribution < 1.29 is 9.59 Å². The van der Waals surface area contributed by atoms with E-state index in [4.69, 9.17) is 11.6 Å². The number of likely N-dealkylation sites (N-methyl/N-ethyl adjacent to an activating group) is 1. The molecule has 1 aliphatic rings. The van der Waals surface area contributed by atoms with Crippen LogP contribution < -0.4 is 10.9 Å². The second kappa shape index (κ2) is 7.68. The number of rotatable bonds is 3. The molecular weight excluding hydrogens is 338 g/mol. The number of fused-ring (bicyclic) bond motifs is 1. The van der Waals surface area contributed by atoms with Crippen molar-refractivity contribution in [1.82, 2.24) is 15.8 Å². The second-order valence-corrected chi connectivity index (χ2v) is 6.59. The molecule has 25 heavy (non-hydrogen) atoms. The first-order valence-electron chi connectivity index (χ1n) is 8.17. The molecule has 0 bridgehead atoms. The van der Waals surface area contributed by atoms with Gasteiger partial charge in [-0.25, -0.2) is 0 Å². The Balaban J connectivity index is 1.59. The topological polar surface area (TPSA) is 61.4 Å². The third-order valence-corrected chi connectivity index (χ3v) is 4.73. The minimum Gasteiger partial charge on any atom is -0.299 e. The van der Waals surface area contributed by atoms with E-state index in [2.05, 4.69) is 27.9 Å². The van der Waals surface area contributed by atoms with E-state index in [1.807, 2.05) is 19.2 Å². The Bertz CT molecular complexity index is 776. The van der Waals surface area contributed by atoms with Crippen LogP contribution in [-0.4, -0.2) is 30.3 Å². The lowest BCUT2D eigenvalue weighted by Crippen LogP contribution is -2.44. The minimum absolute atomic E-state index is 0.0115. The van der Waals surface area contributed by atoms with Crippen LogP contribution in [0.3, 0.4) is 0 Å². The van der Waals surface area contributed by atoms with Gasteiger partial charge < -0.3 is 0 Å². The highest BCUT2D eigenvalue weighted by Crippen LogP contribution is 2.30. The van der Waals surface area contributed by atoms with Crippen LogP contribution in [0, 0.1) is 0 Å². The van der Waals surface area contributed by atoms with E-state index < -0.39 is 0 Å². The van der Waals surface area contributed by atoms with Crippen LogP contribution in [0.15, 0.2) is 48.5 Å². The summed E-state index contributed by atoms with van der Waals surface area (Å²) in [5.41, 5.74) is 7.84. The van der Waals surface area contributed by atoms with E-state index in [9.17, 15) is 9.59 Å². The summed E-state index contributed by atoms with van der Waals surface area (Å²) in [6.07, 6.45) is 1.27. The van der Waals surface area contributed by atoms with Gasteiger partial charge in [0.05, 0.1) is 0 Å². The fourth-order valence-electron chi connectivity index (χ4n) is 3.07. The van der Waals surface area contributed by atoms with E-state index in [0.717, 1.165) is 13.0 Å². The molecule has 2 N–H and O–H groups in total. The van der Waals surface area contributed by atoms with Crippen LogP contribution in [0.2, 0.25) is 5.02 Å². The Morgan fingerprint density at radius 1 is 1.12 bits per heavy atom. The highest BCUT2D eigenvalue weighted by molar-refractivity contribution is 6.30. The van der Waals surface area contributed by atoms with E-state index in [0.29, 0.717) is 10.6 Å². The monoisotopic (exact) mass is 357 g/mol. The Kier molecular flexibility index (Phi) is 5.36. The third-order valence-electron chi connectivity index (χ3n) is 4.48. The van der Waals surface area contributed by atoms with E-state index >= 15 is 0 Å². The van der Waals surface area contributed by atoms with Crippen molar-refractivity contribution in [3.8, 4) is 0 Å². The van der Waals surface area contributed by atoms with Gasteiger partial charge in [0.1, 0.15) is 0 Å². The highest BCUT2D eigenvalue weighted by atomic mass is 35.5. The first-order chi connectivity index (χ1) is 12.0. The smallest absolute Gasteiger partial charge is 0.269 e. The van der Waals surface area contributed by atoms with Crippen molar-refractivity contribution in [2.75, 3.05) is 13.6 Å². The number of carbonyl (C=O) groups is 2. The molecular formula is C19H20ClN3O2. The molecule has 0 radical (unpaired) electrons. The summed E-state index contributed by atoms with van der Waals surface area (Å²) in [5, 5.41) is 0.555. The lowest BCUT2D eigenvalue weighted by molar-refractivity contribution is -0.123. The molecule has 0 saturated carbocycles. The van der Waals surface area contributed by atoms with Gasteiger partial charge in [0, 0.05) is 29.6 Å². The Morgan fingerprint density at radius 3 is 2.60 bits per heavy atom. The quantitative estimate of drug-likeness (QED) is 0.830. The van der Waals surface area contributed by atoms with Crippen LogP contribution in [0.25, 0.3) is 0 Å². The summed E-state index contributed by atoms with van der Waals surface area (Å²) < 4.78 is 0. The average Bonchev–Trinajstić information content (AvgIpc) is 2.63. The third kappa shape index (κ3) is 4.18. The number of hydrazine groups is 1. The van der Waals surface area contributed by atoms with Gasteiger partial charge in [0.2, 0.25) is 5.91 Å². The largest absolute Gasteiger partial charge is 0.299 e. The van der Waals surface area contributed by atoms with Crippen LogP contribution in [0.5, 0.6) is 0 Å². The Hall–Kier alpha value is -2.37. The standard InChI is InChI=1S/C19H20ClN3O2/c1-23-11-10-13-4-2-3-5-16(13)17(23)12-18(24)21-22-19(25)14-6-8-15(20)9-7-14/h2-9,17H,10-12H2,1H3,(H,21,24)(H,22,25). The summed E-state index contributed by atoms with van der Waals surface area (Å²) in [6, 6.07) is 14.7. The number of hydrogen-bond acceptors (Lipinski definition) is 3. The molecule has 1 aliphatic heterocycles. The SMILES string of the molecule is CN1CCc2ccccc2C1CC(=O)NNC(=O)c1ccc(Cl)cc1. The molecule has 3 rings (SSSR count). The zero-order valence-corrected chi connectivity index (χ0v) is 14.7. The van der Waals surface area contributed by atoms with E-state index in [1.165, 1.54) is 11.1 Å². The van der Waals surface area contributed by atoms with Gasteiger partial charge in [-0.15, -0.1) is 0 Å². The first kappa shape index (κ1) is 17.5. The van der Waals surface area contributed by atoms with Crippen LogP contribution in [0.1, 0.15) is 33.9 Å². The molecule has 5 nitrogen and oxygen atoms in total. The lowest BCUT2D eigenvalue weighted by Gasteiger charge is -2.34. The lowest BCUT2D eigenvalue weighted by atomic mass is 9.91. The molecule has 1 atom stereocenters. The van der Waals surface area contributed by atoms with Crippen LogP contribution in [0.4, 0.5) is 0 Å². The molecule has 130 valence electrons. The maximum absolute atomic E-state index is 12.3. The summed E-state index contributed by atoms with van der Waals surface area (Å²) in [7, 11) is 2.01. The fourth-order valence-corrected chi connectivity index (χ4v) is 3.20. The summed E-state index contributed by atoms with van der Waals surface area (Å²) in [6.45, 7) is 0.909. The Labute approximate surface area is 151 Å². The molecule has 0 spiro atoms. The Morgan fingerprint density at radius 2 is 1.84 bits per heavy atom. The first-order valence-corrected chi connectivity index (χ1v) is 8.55. The number of nitrogens with one attached hydrogen (secondary N) is 2. The van der Waals surface area contributed by atoms with Crippen molar-refractivity contribution in [1.29, 1.82) is 0 Å². The number of nitrogens with zero attached hydrogens (tertiary/aromatic N) is 1. The van der Waals surface area contributed by atoms with Gasteiger partial charge in [-0.2, -0.15) is 0 Å². The molecule has 2 aromatic rings. The molecule has 6 heteroatoms. The maximum atomic E-state index is 12.3. The van der Waals surface area contributed by atoms with Gasteiger partial charge in [0.15, 0.2) is 0 Å². The van der Waals surface area contributed by atoms with E-state index in [1.54, 1.807) is 24.3 Å². The van der Waals surface area contributed by atoms with Crippen LogP contribution >= 0.6 is 11.6 Å². The fraction of sp³-hybridized carbons (Fsp3) is 0.263. The van der Waals surface area contributed by atoms with Crippen molar-refractivity contribution in [2.24, 2.45) is 0 Å². The van der Waals surface area contributed by atoms with E-state index in [-0.39, 0.29) is 24.3 Å². The molecule has 2 aromatic carbocycles. The molecule has 1 heterocycles. The molecule has 2 amide bonds. The number of benzene rings is 2. The molecule has 0 saturated heterocycles. The van der Waals surface area contributed by atoms with Gasteiger partial charge in [0.25, 0.3) is 5.91 Å². The molecule has 1 unspecified atom stereocenters. The van der Waals surface area contributed by atoms with Crippen LogP contribution in [-0.2, 0) is 11.2 Å². The van der Waals surface area contributed by atoms with Gasteiger partial charge in [-0.3, -0.25) is 25.3 Å². The number of amides is 2. The number of hydrogen-bond donors (Lipinski definition) is 2. The van der Waals surface area contributed by atoms with Crippen molar-refractivity contribution in [3.63, 3.8) is 0 Å². The van der Waals surface area contributed by atoms with Gasteiger partial charge in [-0.1, -0.05) is 35.9 Å². The van der Waals surface area contributed by atoms with Crippen molar-refractivity contribution in [3.05, 3.63) is 70.2 Å². The summed E-state index contributed by atoms with van der Waals surface area (Å²) in [4.78, 5) is 26.5. The normalized spacial score (nSPS) is 16.8. The zero-order chi connectivity index (χ0) is 17.8. The van der Waals surface area contributed by atoms with Gasteiger partial charge in [-0.05, 0) is 48.9 Å². The van der Waals surface area contributed by atoms with Crippen molar-refractivity contribution >= 4 is 23.4 Å². The predicted molar refractivity (Wildman–Crippen MR) is 97.2 cm³/mol. The highest BCUT2D eigenvalue weighted by Gasteiger charge is 2.26. The number of carbonyl (C=O) groups excluding carboxylic acids is 2. The minimum atomic E-state index is -0.373. The second-order valence-electron chi connectivity index (χ2n) is 6.16. The average molecular weight is 358 g/mol. The van der Waals surface area contributed by atoms with Gasteiger partial charge >= 0.3 is 0 Å². The molecule has 0 aromatic heterocycles. The number of halogens is 1.